The predicted molar refractivity (Wildman–Crippen MR) is 88.3 cm³/mol. The molecule has 3 rings (SSSR count). The summed E-state index contributed by atoms with van der Waals surface area (Å²) in [4.78, 5) is 12.8. The second-order valence-electron chi connectivity index (χ2n) is 4.72. The third-order valence-corrected chi connectivity index (χ3v) is 4.13. The molecule has 0 unspecified atom stereocenters. The number of halogens is 2. The Morgan fingerprint density at radius 2 is 1.62 bits per heavy atom. The van der Waals surface area contributed by atoms with Gasteiger partial charge in [-0.1, -0.05) is 65.7 Å². The minimum atomic E-state index is -0.189. The van der Waals surface area contributed by atoms with Crippen LogP contribution in [0.2, 0.25) is 10.0 Å². The van der Waals surface area contributed by atoms with E-state index in [0.717, 1.165) is 10.8 Å². The number of fused-ring (bicyclic) bond motifs is 1. The number of ketones is 1. The molecule has 0 fully saturated rings. The Morgan fingerprint density at radius 3 is 2.43 bits per heavy atom. The third kappa shape index (κ3) is 2.48. The first-order valence-electron chi connectivity index (χ1n) is 6.35. The first-order chi connectivity index (χ1) is 10.1. The molecule has 0 aliphatic rings. The number of rotatable bonds is 2. The minimum Gasteiger partial charge on any atom is -0.399 e. The highest BCUT2D eigenvalue weighted by atomic mass is 35.5. The molecular weight excluding hydrogens is 305 g/mol. The van der Waals surface area contributed by atoms with Crippen molar-refractivity contribution in [2.75, 3.05) is 5.73 Å². The van der Waals surface area contributed by atoms with Gasteiger partial charge in [0.25, 0.3) is 0 Å². The van der Waals surface area contributed by atoms with Crippen LogP contribution in [0, 0.1) is 0 Å². The van der Waals surface area contributed by atoms with E-state index in [1.165, 1.54) is 6.07 Å². The molecule has 0 bridgehead atoms. The molecule has 0 saturated carbocycles. The summed E-state index contributed by atoms with van der Waals surface area (Å²) in [6.07, 6.45) is 0. The van der Waals surface area contributed by atoms with E-state index in [9.17, 15) is 4.79 Å². The maximum absolute atomic E-state index is 12.8. The van der Waals surface area contributed by atoms with Crippen molar-refractivity contribution in [3.63, 3.8) is 0 Å². The van der Waals surface area contributed by atoms with Gasteiger partial charge in [-0.3, -0.25) is 4.79 Å². The molecule has 104 valence electrons. The van der Waals surface area contributed by atoms with Crippen molar-refractivity contribution in [2.24, 2.45) is 0 Å². The van der Waals surface area contributed by atoms with Crippen LogP contribution >= 0.6 is 23.2 Å². The van der Waals surface area contributed by atoms with Crippen LogP contribution in [0.1, 0.15) is 15.9 Å². The van der Waals surface area contributed by atoms with Crippen LogP contribution in [0.15, 0.2) is 54.6 Å². The molecule has 0 aromatic heterocycles. The average molecular weight is 316 g/mol. The van der Waals surface area contributed by atoms with Crippen molar-refractivity contribution >= 4 is 45.4 Å². The molecule has 0 heterocycles. The standard InChI is InChI=1S/C17H11Cl2NO/c18-15-9-11(20)8-14(16(15)19)17(21)13-7-3-5-10-4-1-2-6-12(10)13/h1-9H,20H2. The molecule has 0 amide bonds. The van der Waals surface area contributed by atoms with E-state index in [4.69, 9.17) is 28.9 Å². The largest absolute Gasteiger partial charge is 0.399 e. The van der Waals surface area contributed by atoms with Gasteiger partial charge in [-0.15, -0.1) is 0 Å². The SMILES string of the molecule is Nc1cc(Cl)c(Cl)c(C(=O)c2cccc3ccccc23)c1. The summed E-state index contributed by atoms with van der Waals surface area (Å²) in [7, 11) is 0. The highest BCUT2D eigenvalue weighted by Crippen LogP contribution is 2.31. The van der Waals surface area contributed by atoms with Crippen LogP contribution in [-0.2, 0) is 0 Å². The van der Waals surface area contributed by atoms with Gasteiger partial charge in [0.1, 0.15) is 0 Å². The fraction of sp³-hybridized carbons (Fsp3) is 0. The second kappa shape index (κ2) is 5.40. The number of anilines is 1. The number of hydrogen-bond donors (Lipinski definition) is 1. The van der Waals surface area contributed by atoms with E-state index in [2.05, 4.69) is 0 Å². The van der Waals surface area contributed by atoms with Crippen LogP contribution in [0.3, 0.4) is 0 Å². The highest BCUT2D eigenvalue weighted by molar-refractivity contribution is 6.44. The van der Waals surface area contributed by atoms with Crippen LogP contribution in [0.25, 0.3) is 10.8 Å². The minimum absolute atomic E-state index is 0.189. The van der Waals surface area contributed by atoms with E-state index in [1.807, 2.05) is 36.4 Å². The number of carbonyl (C=O) groups excluding carboxylic acids is 1. The highest BCUT2D eigenvalue weighted by Gasteiger charge is 2.17. The molecule has 0 saturated heterocycles. The lowest BCUT2D eigenvalue weighted by atomic mass is 9.97. The van der Waals surface area contributed by atoms with Gasteiger partial charge >= 0.3 is 0 Å². The summed E-state index contributed by atoms with van der Waals surface area (Å²) in [5, 5.41) is 2.37. The predicted octanol–water partition coefficient (Wildman–Crippen LogP) is 4.96. The molecule has 4 heteroatoms. The Morgan fingerprint density at radius 1 is 0.905 bits per heavy atom. The maximum Gasteiger partial charge on any atom is 0.195 e. The van der Waals surface area contributed by atoms with Crippen molar-refractivity contribution in [2.45, 2.75) is 0 Å². The van der Waals surface area contributed by atoms with Gasteiger partial charge in [-0.05, 0) is 22.9 Å². The van der Waals surface area contributed by atoms with E-state index in [0.29, 0.717) is 16.8 Å². The van der Waals surface area contributed by atoms with Gasteiger partial charge in [0.05, 0.1) is 10.0 Å². The molecule has 0 aliphatic heterocycles. The normalized spacial score (nSPS) is 10.8. The van der Waals surface area contributed by atoms with Gasteiger partial charge in [0.15, 0.2) is 5.78 Å². The number of nitrogen functional groups attached to an aromatic ring is 1. The number of nitrogens with two attached hydrogens (primary N) is 1. The fourth-order valence-electron chi connectivity index (χ4n) is 2.34. The number of benzene rings is 3. The lowest BCUT2D eigenvalue weighted by Crippen LogP contribution is -2.04. The Labute approximate surface area is 132 Å². The number of carbonyl (C=O) groups is 1. The quantitative estimate of drug-likeness (QED) is 0.536. The molecule has 21 heavy (non-hydrogen) atoms. The van der Waals surface area contributed by atoms with Crippen LogP contribution in [-0.4, -0.2) is 5.78 Å². The second-order valence-corrected chi connectivity index (χ2v) is 5.51. The summed E-state index contributed by atoms with van der Waals surface area (Å²) >= 11 is 12.2. The summed E-state index contributed by atoms with van der Waals surface area (Å²) in [5.74, 6) is -0.189. The molecule has 0 atom stereocenters. The van der Waals surface area contributed by atoms with Gasteiger partial charge < -0.3 is 5.73 Å². The Kier molecular flexibility index (Phi) is 3.58. The van der Waals surface area contributed by atoms with Crippen molar-refractivity contribution in [3.8, 4) is 0 Å². The van der Waals surface area contributed by atoms with Gasteiger partial charge in [-0.2, -0.15) is 0 Å². The Hall–Kier alpha value is -2.03. The zero-order valence-corrected chi connectivity index (χ0v) is 12.4. The molecule has 0 spiro atoms. The van der Waals surface area contributed by atoms with Crippen molar-refractivity contribution in [1.82, 2.24) is 0 Å². The van der Waals surface area contributed by atoms with Gasteiger partial charge in [0, 0.05) is 16.8 Å². The summed E-state index contributed by atoms with van der Waals surface area (Å²) in [5.41, 5.74) is 7.07. The molecule has 0 aliphatic carbocycles. The average Bonchev–Trinajstić information content (AvgIpc) is 2.49. The summed E-state index contributed by atoms with van der Waals surface area (Å²) in [6.45, 7) is 0. The van der Waals surface area contributed by atoms with Crippen LogP contribution < -0.4 is 5.73 Å². The van der Waals surface area contributed by atoms with Crippen molar-refractivity contribution < 1.29 is 4.79 Å². The smallest absolute Gasteiger partial charge is 0.195 e. The zero-order valence-electron chi connectivity index (χ0n) is 10.9. The molecule has 3 aromatic rings. The lowest BCUT2D eigenvalue weighted by molar-refractivity contribution is 0.104. The van der Waals surface area contributed by atoms with Gasteiger partial charge in [-0.25, -0.2) is 0 Å². The number of hydrogen-bond acceptors (Lipinski definition) is 2. The zero-order chi connectivity index (χ0) is 15.0. The molecule has 2 N–H and O–H groups in total. The van der Waals surface area contributed by atoms with E-state index < -0.39 is 0 Å². The topological polar surface area (TPSA) is 43.1 Å². The third-order valence-electron chi connectivity index (χ3n) is 3.33. The lowest BCUT2D eigenvalue weighted by Gasteiger charge is -2.09. The van der Waals surface area contributed by atoms with Crippen LogP contribution in [0.5, 0.6) is 0 Å². The van der Waals surface area contributed by atoms with Crippen molar-refractivity contribution in [1.29, 1.82) is 0 Å². The molecule has 2 nitrogen and oxygen atoms in total. The first kappa shape index (κ1) is 13.9. The van der Waals surface area contributed by atoms with Crippen molar-refractivity contribution in [3.05, 3.63) is 75.8 Å². The maximum atomic E-state index is 12.8. The van der Waals surface area contributed by atoms with E-state index in [-0.39, 0.29) is 15.8 Å². The van der Waals surface area contributed by atoms with E-state index in [1.54, 1.807) is 12.1 Å². The monoisotopic (exact) mass is 315 g/mol. The first-order valence-corrected chi connectivity index (χ1v) is 7.10. The van der Waals surface area contributed by atoms with E-state index >= 15 is 0 Å². The Balaban J connectivity index is 2.22. The Bertz CT molecular complexity index is 853. The molecule has 3 aromatic carbocycles. The summed E-state index contributed by atoms with van der Waals surface area (Å²) in [6, 6.07) is 16.4. The van der Waals surface area contributed by atoms with Gasteiger partial charge in [0.2, 0.25) is 0 Å². The molecular formula is C17H11Cl2NO. The molecule has 0 radical (unpaired) electrons. The summed E-state index contributed by atoms with van der Waals surface area (Å²) < 4.78 is 0. The van der Waals surface area contributed by atoms with Crippen LogP contribution in [0.4, 0.5) is 5.69 Å². The fourth-order valence-corrected chi connectivity index (χ4v) is 2.77.